The number of halogens is 2. The molecule has 3 heterocycles. The Labute approximate surface area is 235 Å². The predicted octanol–water partition coefficient (Wildman–Crippen LogP) is 1.98. The lowest BCUT2D eigenvalue weighted by Gasteiger charge is -2.30. The van der Waals surface area contributed by atoms with Gasteiger partial charge in [-0.05, 0) is 25.0 Å². The summed E-state index contributed by atoms with van der Waals surface area (Å²) in [5, 5.41) is 16.3. The van der Waals surface area contributed by atoms with E-state index in [9.17, 15) is 18.4 Å². The number of carboxylic acid groups (broad SMARTS) is 1. The lowest BCUT2D eigenvalue weighted by Crippen LogP contribution is -2.44. The fraction of sp³-hybridized carbons (Fsp3) is 0.500. The number of rotatable bonds is 11. The number of hydrogen-bond donors (Lipinski definition) is 4. The van der Waals surface area contributed by atoms with Gasteiger partial charge in [-0.1, -0.05) is 23.6 Å². The molecule has 4 rings (SSSR count). The van der Waals surface area contributed by atoms with E-state index in [-0.39, 0.29) is 24.1 Å². The smallest absolute Gasteiger partial charge is 0.329 e. The zero-order chi connectivity index (χ0) is 28.8. The molecular formula is C26H32F2N6O5S. The molecule has 4 N–H and O–H groups in total. The second kappa shape index (κ2) is 13.3. The molecule has 216 valence electrons. The van der Waals surface area contributed by atoms with Gasteiger partial charge < -0.3 is 30.1 Å². The minimum Gasteiger partial charge on any atom is -0.495 e. The summed E-state index contributed by atoms with van der Waals surface area (Å²) in [6, 6.07) is 0.342. The molecule has 0 aromatic carbocycles. The first-order valence-electron chi connectivity index (χ1n) is 12.6. The van der Waals surface area contributed by atoms with Crippen molar-refractivity contribution in [3.63, 3.8) is 0 Å². The van der Waals surface area contributed by atoms with Crippen LogP contribution in [0, 0.1) is 17.8 Å². The van der Waals surface area contributed by atoms with Crippen LogP contribution in [0.2, 0.25) is 0 Å². The number of hydrazine groups is 1. The average Bonchev–Trinajstić information content (AvgIpc) is 3.68. The normalized spacial score (nSPS) is 22.8. The summed E-state index contributed by atoms with van der Waals surface area (Å²) in [7, 11) is 4.80. The Morgan fingerprint density at radius 2 is 2.10 bits per heavy atom. The summed E-state index contributed by atoms with van der Waals surface area (Å²) in [5.74, 6) is 6.02. The molecule has 3 unspecified atom stereocenters. The maximum absolute atomic E-state index is 13.8. The lowest BCUT2D eigenvalue weighted by molar-refractivity contribution is -0.142. The van der Waals surface area contributed by atoms with E-state index in [1.807, 2.05) is 12.1 Å². The molecule has 1 saturated heterocycles. The first kappa shape index (κ1) is 29.6. The molecule has 11 nitrogen and oxygen atoms in total. The zero-order valence-corrected chi connectivity index (χ0v) is 23.1. The number of carbonyl (C=O) groups excluding carboxylic acids is 1. The van der Waals surface area contributed by atoms with Gasteiger partial charge in [-0.25, -0.2) is 29.0 Å². The molecule has 1 saturated carbocycles. The quantitative estimate of drug-likeness (QED) is 0.227. The molecule has 1 aromatic rings. The summed E-state index contributed by atoms with van der Waals surface area (Å²) in [5.41, 5.74) is 3.53. The number of anilines is 1. The number of alkyl halides is 2. The van der Waals surface area contributed by atoms with Gasteiger partial charge in [0.2, 0.25) is 0 Å². The van der Waals surface area contributed by atoms with Crippen molar-refractivity contribution in [1.29, 1.82) is 0 Å². The summed E-state index contributed by atoms with van der Waals surface area (Å²) < 4.78 is 38.2. The molecule has 3 atom stereocenters. The molecule has 0 bridgehead atoms. The second-order valence-corrected chi connectivity index (χ2v) is 10.6. The van der Waals surface area contributed by atoms with Gasteiger partial charge in [0.05, 0.1) is 19.3 Å². The first-order chi connectivity index (χ1) is 19.2. The summed E-state index contributed by atoms with van der Waals surface area (Å²) in [4.78, 5) is 29.8. The van der Waals surface area contributed by atoms with E-state index in [1.165, 1.54) is 49.3 Å². The van der Waals surface area contributed by atoms with Crippen molar-refractivity contribution in [3.8, 4) is 11.8 Å². The largest absolute Gasteiger partial charge is 0.495 e. The SMILES string of the molecule is COC1=CN(C)C(C(F)F)C=C1c1cc(NCCOCC(=O)O)ncc1C(=O)NC1NN(C)C(C#CC2CC2)S1. The molecule has 1 amide bonds. The standard InChI is InChI=1S/C26H32F2N6O5S/c1-33-13-20(38-3)17(10-19(33)24(27)28)16-11-21(29-8-9-39-14-23(35)36)30-12-18(16)25(37)31-26-32-34(2)22(40-26)7-6-15-4-5-15/h10-13,15,19,22,24,26,32H,4-5,8-9,14H2,1-3H3,(H,29,30)(H,31,37)(H,35,36). The van der Waals surface area contributed by atoms with Crippen molar-refractivity contribution in [2.75, 3.05) is 46.3 Å². The van der Waals surface area contributed by atoms with E-state index in [0.717, 1.165) is 12.8 Å². The van der Waals surface area contributed by atoms with Crippen LogP contribution in [0.4, 0.5) is 14.6 Å². The lowest BCUT2D eigenvalue weighted by atomic mass is 9.95. The van der Waals surface area contributed by atoms with Crippen molar-refractivity contribution in [1.82, 2.24) is 25.6 Å². The highest BCUT2D eigenvalue weighted by Gasteiger charge is 2.33. The van der Waals surface area contributed by atoms with Gasteiger partial charge in [0.15, 0.2) is 0 Å². The average molecular weight is 579 g/mol. The molecule has 0 radical (unpaired) electrons. The van der Waals surface area contributed by atoms with Crippen LogP contribution in [-0.2, 0) is 14.3 Å². The Hall–Kier alpha value is -3.38. The van der Waals surface area contributed by atoms with Gasteiger partial charge in [0, 0.05) is 50.1 Å². The van der Waals surface area contributed by atoms with Crippen molar-refractivity contribution >= 4 is 35.0 Å². The van der Waals surface area contributed by atoms with Crippen LogP contribution in [0.1, 0.15) is 28.8 Å². The Kier molecular flexibility index (Phi) is 9.85. The number of allylic oxidation sites excluding steroid dienone is 1. The molecule has 3 aliphatic rings. The number of carbonyl (C=O) groups is 2. The fourth-order valence-electron chi connectivity index (χ4n) is 4.03. The molecule has 2 aliphatic heterocycles. The minimum absolute atomic E-state index is 0.0959. The summed E-state index contributed by atoms with van der Waals surface area (Å²) in [6.45, 7) is -0.108. The number of ether oxygens (including phenoxy) is 2. The molecule has 1 aromatic heterocycles. The van der Waals surface area contributed by atoms with E-state index in [2.05, 4.69) is 32.9 Å². The zero-order valence-electron chi connectivity index (χ0n) is 22.3. The molecule has 0 spiro atoms. The number of aliphatic carboxylic acids is 1. The Bertz CT molecular complexity index is 1230. The topological polar surface area (TPSA) is 128 Å². The number of hydrogen-bond acceptors (Lipinski definition) is 10. The van der Waals surface area contributed by atoms with Gasteiger partial charge in [-0.2, -0.15) is 0 Å². The molecular weight excluding hydrogens is 546 g/mol. The molecule has 2 fully saturated rings. The van der Waals surface area contributed by atoms with Crippen LogP contribution in [0.25, 0.3) is 5.57 Å². The van der Waals surface area contributed by atoms with E-state index >= 15 is 0 Å². The van der Waals surface area contributed by atoms with Crippen LogP contribution in [0.5, 0.6) is 0 Å². The van der Waals surface area contributed by atoms with Crippen LogP contribution >= 0.6 is 11.8 Å². The molecule has 14 heteroatoms. The van der Waals surface area contributed by atoms with Gasteiger partial charge in [-0.3, -0.25) is 4.79 Å². The molecule has 40 heavy (non-hydrogen) atoms. The summed E-state index contributed by atoms with van der Waals surface area (Å²) in [6.07, 6.45) is 3.76. The van der Waals surface area contributed by atoms with Crippen LogP contribution in [-0.4, -0.2) is 96.2 Å². The number of likely N-dealkylation sites (N-methyl/N-ethyl adjacent to an activating group) is 1. The second-order valence-electron chi connectivity index (χ2n) is 9.40. The number of carboxylic acids is 1. The Morgan fingerprint density at radius 3 is 2.77 bits per heavy atom. The molecule has 1 aliphatic carbocycles. The van der Waals surface area contributed by atoms with Crippen molar-refractivity contribution in [3.05, 3.63) is 41.4 Å². The van der Waals surface area contributed by atoms with E-state index in [0.29, 0.717) is 28.6 Å². The number of nitrogens with one attached hydrogen (secondary N) is 3. The highest BCUT2D eigenvalue weighted by molar-refractivity contribution is 8.00. The van der Waals surface area contributed by atoms with E-state index in [4.69, 9.17) is 14.6 Å². The predicted molar refractivity (Wildman–Crippen MR) is 146 cm³/mol. The monoisotopic (exact) mass is 578 g/mol. The maximum atomic E-state index is 13.8. The van der Waals surface area contributed by atoms with Gasteiger partial charge in [-0.15, -0.1) is 0 Å². The third-order valence-corrected chi connectivity index (χ3v) is 7.46. The maximum Gasteiger partial charge on any atom is 0.329 e. The van der Waals surface area contributed by atoms with Crippen molar-refractivity contribution in [2.45, 2.75) is 36.2 Å². The number of nitrogens with zero attached hydrogens (tertiary/aromatic N) is 3. The minimum atomic E-state index is -2.68. The Balaban J connectivity index is 1.57. The van der Waals surface area contributed by atoms with Gasteiger partial charge >= 0.3 is 5.97 Å². The summed E-state index contributed by atoms with van der Waals surface area (Å²) >= 11 is 1.45. The van der Waals surface area contributed by atoms with Crippen LogP contribution < -0.4 is 16.1 Å². The van der Waals surface area contributed by atoms with Crippen molar-refractivity contribution in [2.24, 2.45) is 5.92 Å². The van der Waals surface area contributed by atoms with E-state index < -0.39 is 36.4 Å². The third-order valence-electron chi connectivity index (χ3n) is 6.28. The highest BCUT2D eigenvalue weighted by Crippen LogP contribution is 2.34. The first-order valence-corrected chi connectivity index (χ1v) is 13.6. The van der Waals surface area contributed by atoms with Crippen LogP contribution in [0.15, 0.2) is 30.3 Å². The third kappa shape index (κ3) is 7.63. The number of thioether (sulfide) groups is 1. The number of pyridine rings is 1. The van der Waals surface area contributed by atoms with Gasteiger partial charge in [0.25, 0.3) is 12.3 Å². The highest BCUT2D eigenvalue weighted by atomic mass is 32.2. The van der Waals surface area contributed by atoms with Crippen LogP contribution in [0.3, 0.4) is 0 Å². The number of methoxy groups -OCH3 is 1. The number of aromatic nitrogens is 1. The number of amides is 1. The van der Waals surface area contributed by atoms with E-state index in [1.54, 1.807) is 6.07 Å². The Morgan fingerprint density at radius 1 is 1.32 bits per heavy atom. The van der Waals surface area contributed by atoms with Gasteiger partial charge in [0.1, 0.15) is 35.1 Å². The fourth-order valence-corrected chi connectivity index (χ4v) is 5.07. The van der Waals surface area contributed by atoms with Crippen molar-refractivity contribution < 1.29 is 33.0 Å².